The molecule has 1 amide bonds. The average molecular weight is 276 g/mol. The molecule has 1 aliphatic rings. The molecule has 1 aromatic carbocycles. The van der Waals surface area contributed by atoms with Crippen molar-refractivity contribution in [3.05, 3.63) is 29.3 Å². The summed E-state index contributed by atoms with van der Waals surface area (Å²) in [6, 6.07) is 5.99. The average Bonchev–Trinajstić information content (AvgIpc) is 2.45. The number of anilines is 1. The summed E-state index contributed by atoms with van der Waals surface area (Å²) in [7, 11) is 1.76. The number of carbonyl (C=O) groups is 1. The lowest BCUT2D eigenvalue weighted by molar-refractivity contribution is -0.117. The highest BCUT2D eigenvalue weighted by Crippen LogP contribution is 2.18. The summed E-state index contributed by atoms with van der Waals surface area (Å²) in [5.41, 5.74) is 3.25. The number of piperidine rings is 1. The molecule has 0 aromatic heterocycles. The Hall–Kier alpha value is -1.39. The van der Waals surface area contributed by atoms with Crippen molar-refractivity contribution in [1.29, 1.82) is 0 Å². The highest BCUT2D eigenvalue weighted by molar-refractivity contribution is 5.93. The van der Waals surface area contributed by atoms with Gasteiger partial charge in [0.1, 0.15) is 0 Å². The van der Waals surface area contributed by atoms with Gasteiger partial charge in [0.15, 0.2) is 0 Å². The zero-order chi connectivity index (χ0) is 14.5. The topological polar surface area (TPSA) is 41.6 Å². The Bertz CT molecular complexity index is 466. The van der Waals surface area contributed by atoms with Crippen molar-refractivity contribution in [2.45, 2.75) is 32.8 Å². The largest absolute Gasteiger partial charge is 0.381 e. The summed E-state index contributed by atoms with van der Waals surface area (Å²) in [6.45, 7) is 6.41. The van der Waals surface area contributed by atoms with Crippen LogP contribution in [0.25, 0.3) is 0 Å². The van der Waals surface area contributed by atoms with Gasteiger partial charge in [-0.25, -0.2) is 0 Å². The Balaban J connectivity index is 1.85. The normalized spacial score (nSPS) is 17.1. The Morgan fingerprint density at radius 3 is 2.70 bits per heavy atom. The molecule has 1 fully saturated rings. The van der Waals surface area contributed by atoms with Gasteiger partial charge in [0.25, 0.3) is 0 Å². The number of aryl methyl sites for hydroxylation is 1. The number of hydrogen-bond donors (Lipinski definition) is 1. The molecule has 0 spiro atoms. The Kier molecular flexibility index (Phi) is 5.15. The second kappa shape index (κ2) is 6.86. The van der Waals surface area contributed by atoms with Crippen LogP contribution in [-0.4, -0.2) is 43.7 Å². The van der Waals surface area contributed by atoms with Gasteiger partial charge < -0.3 is 10.1 Å². The Morgan fingerprint density at radius 2 is 2.05 bits per heavy atom. The number of amides is 1. The lowest BCUT2D eigenvalue weighted by Gasteiger charge is -2.30. The molecule has 0 radical (unpaired) electrons. The van der Waals surface area contributed by atoms with E-state index in [1.165, 1.54) is 5.56 Å². The Morgan fingerprint density at radius 1 is 1.35 bits per heavy atom. The first-order valence-corrected chi connectivity index (χ1v) is 7.21. The van der Waals surface area contributed by atoms with Crippen LogP contribution in [0.5, 0.6) is 0 Å². The van der Waals surface area contributed by atoms with Gasteiger partial charge in [-0.15, -0.1) is 0 Å². The van der Waals surface area contributed by atoms with Gasteiger partial charge in [0.2, 0.25) is 5.91 Å². The van der Waals surface area contributed by atoms with E-state index >= 15 is 0 Å². The van der Waals surface area contributed by atoms with Crippen LogP contribution >= 0.6 is 0 Å². The number of rotatable bonds is 4. The molecular formula is C16H24N2O2. The van der Waals surface area contributed by atoms with E-state index in [1.807, 2.05) is 19.1 Å². The number of hydrogen-bond acceptors (Lipinski definition) is 3. The zero-order valence-corrected chi connectivity index (χ0v) is 12.6. The van der Waals surface area contributed by atoms with Crippen molar-refractivity contribution in [3.8, 4) is 0 Å². The standard InChI is InChI=1S/C16H24N2O2/c1-12-5-4-6-15(13(12)2)17-16(19)11-18-9-7-14(20-3)8-10-18/h4-6,14H,7-11H2,1-3H3,(H,17,19). The maximum absolute atomic E-state index is 12.1. The fraction of sp³-hybridized carbons (Fsp3) is 0.562. The molecule has 1 N–H and O–H groups in total. The lowest BCUT2D eigenvalue weighted by Crippen LogP contribution is -2.41. The molecule has 1 heterocycles. The molecule has 0 saturated carbocycles. The highest BCUT2D eigenvalue weighted by Gasteiger charge is 2.20. The summed E-state index contributed by atoms with van der Waals surface area (Å²) in [5.74, 6) is 0.0644. The van der Waals surface area contributed by atoms with Crippen LogP contribution in [0.3, 0.4) is 0 Å². The summed E-state index contributed by atoms with van der Waals surface area (Å²) >= 11 is 0. The molecule has 1 saturated heterocycles. The van der Waals surface area contributed by atoms with Gasteiger partial charge in [-0.05, 0) is 43.9 Å². The predicted molar refractivity (Wildman–Crippen MR) is 81.0 cm³/mol. The van der Waals surface area contributed by atoms with Gasteiger partial charge in [-0.3, -0.25) is 9.69 Å². The zero-order valence-electron chi connectivity index (χ0n) is 12.6. The number of carbonyl (C=O) groups excluding carboxylic acids is 1. The van der Waals surface area contributed by atoms with Crippen LogP contribution in [0.1, 0.15) is 24.0 Å². The quantitative estimate of drug-likeness (QED) is 0.918. The fourth-order valence-electron chi connectivity index (χ4n) is 2.58. The molecule has 0 atom stereocenters. The molecule has 0 bridgehead atoms. The van der Waals surface area contributed by atoms with E-state index in [9.17, 15) is 4.79 Å². The van der Waals surface area contributed by atoms with Crippen molar-refractivity contribution >= 4 is 11.6 Å². The molecular weight excluding hydrogens is 252 g/mol. The first-order valence-electron chi connectivity index (χ1n) is 7.21. The number of nitrogens with one attached hydrogen (secondary N) is 1. The number of benzene rings is 1. The highest BCUT2D eigenvalue weighted by atomic mass is 16.5. The lowest BCUT2D eigenvalue weighted by atomic mass is 10.1. The number of methoxy groups -OCH3 is 1. The van der Waals surface area contributed by atoms with E-state index in [0.29, 0.717) is 12.6 Å². The van der Waals surface area contributed by atoms with Crippen molar-refractivity contribution in [1.82, 2.24) is 4.90 Å². The van der Waals surface area contributed by atoms with Crippen LogP contribution < -0.4 is 5.32 Å². The van der Waals surface area contributed by atoms with Crippen LogP contribution in [0.2, 0.25) is 0 Å². The molecule has 20 heavy (non-hydrogen) atoms. The van der Waals surface area contributed by atoms with Gasteiger partial charge in [0.05, 0.1) is 12.6 Å². The predicted octanol–water partition coefficient (Wildman–Crippen LogP) is 2.35. The molecule has 4 heteroatoms. The fourth-order valence-corrected chi connectivity index (χ4v) is 2.58. The van der Waals surface area contributed by atoms with Crippen molar-refractivity contribution < 1.29 is 9.53 Å². The summed E-state index contributed by atoms with van der Waals surface area (Å²) < 4.78 is 5.34. The maximum atomic E-state index is 12.1. The third-order valence-electron chi connectivity index (χ3n) is 4.11. The second-order valence-corrected chi connectivity index (χ2v) is 5.51. The first kappa shape index (κ1) is 15.0. The summed E-state index contributed by atoms with van der Waals surface area (Å²) in [5, 5.41) is 3.01. The number of ether oxygens (including phenoxy) is 1. The number of nitrogens with zero attached hydrogens (tertiary/aromatic N) is 1. The van der Waals surface area contributed by atoms with Crippen molar-refractivity contribution in [3.63, 3.8) is 0 Å². The van der Waals surface area contributed by atoms with Crippen LogP contribution in [0.4, 0.5) is 5.69 Å². The van der Waals surface area contributed by atoms with Crippen LogP contribution in [0, 0.1) is 13.8 Å². The number of likely N-dealkylation sites (tertiary alicyclic amines) is 1. The molecule has 1 aliphatic heterocycles. The molecule has 4 nitrogen and oxygen atoms in total. The van der Waals surface area contributed by atoms with Crippen LogP contribution in [-0.2, 0) is 9.53 Å². The smallest absolute Gasteiger partial charge is 0.238 e. The molecule has 1 aromatic rings. The van der Waals surface area contributed by atoms with E-state index < -0.39 is 0 Å². The molecule has 2 rings (SSSR count). The minimum atomic E-state index is 0.0644. The first-order chi connectivity index (χ1) is 9.60. The third-order valence-corrected chi connectivity index (χ3v) is 4.11. The minimum Gasteiger partial charge on any atom is -0.381 e. The Labute approximate surface area is 121 Å². The van der Waals surface area contributed by atoms with Gasteiger partial charge in [-0.2, -0.15) is 0 Å². The second-order valence-electron chi connectivity index (χ2n) is 5.51. The SMILES string of the molecule is COC1CCN(CC(=O)Nc2cccc(C)c2C)CC1. The molecule has 0 aliphatic carbocycles. The van der Waals surface area contributed by atoms with E-state index in [1.54, 1.807) is 7.11 Å². The van der Waals surface area contributed by atoms with Gasteiger partial charge in [-0.1, -0.05) is 12.1 Å². The van der Waals surface area contributed by atoms with E-state index in [0.717, 1.165) is 37.2 Å². The molecule has 0 unspecified atom stereocenters. The van der Waals surface area contributed by atoms with E-state index in [4.69, 9.17) is 4.74 Å². The van der Waals surface area contributed by atoms with Gasteiger partial charge in [0, 0.05) is 25.9 Å². The van der Waals surface area contributed by atoms with Gasteiger partial charge >= 0.3 is 0 Å². The summed E-state index contributed by atoms with van der Waals surface area (Å²) in [6.07, 6.45) is 2.37. The van der Waals surface area contributed by atoms with E-state index in [2.05, 4.69) is 23.2 Å². The van der Waals surface area contributed by atoms with Crippen molar-refractivity contribution in [2.24, 2.45) is 0 Å². The summed E-state index contributed by atoms with van der Waals surface area (Å²) in [4.78, 5) is 14.3. The van der Waals surface area contributed by atoms with Crippen molar-refractivity contribution in [2.75, 3.05) is 32.1 Å². The minimum absolute atomic E-state index is 0.0644. The van der Waals surface area contributed by atoms with Crippen LogP contribution in [0.15, 0.2) is 18.2 Å². The van der Waals surface area contributed by atoms with E-state index in [-0.39, 0.29) is 5.91 Å². The molecule has 110 valence electrons. The monoisotopic (exact) mass is 276 g/mol. The third kappa shape index (κ3) is 3.81. The maximum Gasteiger partial charge on any atom is 0.238 e.